The van der Waals surface area contributed by atoms with Crippen LogP contribution in [0.4, 0.5) is 11.6 Å². The summed E-state index contributed by atoms with van der Waals surface area (Å²) in [7, 11) is 7.95. The first kappa shape index (κ1) is 17.6. The van der Waals surface area contributed by atoms with Crippen molar-refractivity contribution in [3.05, 3.63) is 30.4 Å². The first-order valence-corrected chi connectivity index (χ1v) is 8.43. The Morgan fingerprint density at radius 1 is 1.32 bits per heavy atom. The Kier molecular flexibility index (Phi) is 5.50. The molecule has 0 unspecified atom stereocenters. The normalized spacial score (nSPS) is 20.4. The zero-order chi connectivity index (χ0) is 17.8. The van der Waals surface area contributed by atoms with Crippen LogP contribution in [0.1, 0.15) is 12.1 Å². The van der Waals surface area contributed by atoms with Gasteiger partial charge in [0, 0.05) is 45.4 Å². The van der Waals surface area contributed by atoms with Crippen LogP contribution in [0.3, 0.4) is 0 Å². The summed E-state index contributed by atoms with van der Waals surface area (Å²) in [6.45, 7) is 2.45. The first-order chi connectivity index (χ1) is 12.1. The summed E-state index contributed by atoms with van der Waals surface area (Å²) in [5.74, 6) is 1.79. The number of aromatic nitrogens is 3. The molecule has 1 aliphatic heterocycles. The fourth-order valence-corrected chi connectivity index (χ4v) is 3.27. The van der Waals surface area contributed by atoms with E-state index < -0.39 is 0 Å². The van der Waals surface area contributed by atoms with Gasteiger partial charge in [0.25, 0.3) is 0 Å². The maximum absolute atomic E-state index is 5.59. The third-order valence-electron chi connectivity index (χ3n) is 4.50. The molecule has 0 spiro atoms. The molecule has 136 valence electrons. The largest absolute Gasteiger partial charge is 0.380 e. The molecule has 1 saturated heterocycles. The smallest absolute Gasteiger partial charge is 0.134 e. The second-order valence-corrected chi connectivity index (χ2v) is 6.74. The van der Waals surface area contributed by atoms with Crippen LogP contribution < -0.4 is 9.80 Å². The lowest BCUT2D eigenvalue weighted by Crippen LogP contribution is -2.38. The van der Waals surface area contributed by atoms with E-state index in [1.807, 2.05) is 24.1 Å². The van der Waals surface area contributed by atoms with Crippen molar-refractivity contribution in [2.24, 2.45) is 0 Å². The molecule has 2 aromatic rings. The van der Waals surface area contributed by atoms with Gasteiger partial charge in [0.1, 0.15) is 29.9 Å². The number of hydrogen-bond acceptors (Lipinski definition) is 8. The highest BCUT2D eigenvalue weighted by atomic mass is 16.5. The van der Waals surface area contributed by atoms with Gasteiger partial charge in [0.05, 0.1) is 12.6 Å². The van der Waals surface area contributed by atoms with Crippen LogP contribution in [0.15, 0.2) is 29.2 Å². The predicted octanol–water partition coefficient (Wildman–Crippen LogP) is 1.26. The molecule has 0 aromatic carbocycles. The number of ether oxygens (including phenoxy) is 1. The number of rotatable bonds is 7. The third kappa shape index (κ3) is 4.26. The second kappa shape index (κ2) is 7.79. The molecule has 2 aromatic heterocycles. The van der Waals surface area contributed by atoms with Gasteiger partial charge in [-0.15, -0.1) is 0 Å². The van der Waals surface area contributed by atoms with Crippen LogP contribution >= 0.6 is 0 Å². The quantitative estimate of drug-likeness (QED) is 0.742. The van der Waals surface area contributed by atoms with Crippen molar-refractivity contribution in [1.29, 1.82) is 0 Å². The fourth-order valence-electron chi connectivity index (χ4n) is 3.27. The standard InChI is InChI=1S/C17H26N6O2/c1-21(2)10-14-7-15(24-4)11-23(14)17-8-16(18-12-19-17)22(3)9-13-5-6-25-20-13/h5-6,8,12,14-15H,7,9-11H2,1-4H3/t14-,15-/m0/s1. The topological polar surface area (TPSA) is 70.8 Å². The van der Waals surface area contributed by atoms with Gasteiger partial charge in [-0.25, -0.2) is 9.97 Å². The molecule has 0 amide bonds. The highest BCUT2D eigenvalue weighted by Crippen LogP contribution is 2.27. The summed E-state index contributed by atoms with van der Waals surface area (Å²) in [4.78, 5) is 15.5. The summed E-state index contributed by atoms with van der Waals surface area (Å²) in [5.41, 5.74) is 0.869. The van der Waals surface area contributed by atoms with E-state index in [-0.39, 0.29) is 6.10 Å². The summed E-state index contributed by atoms with van der Waals surface area (Å²) in [5, 5.41) is 3.95. The van der Waals surface area contributed by atoms with Gasteiger partial charge in [0.2, 0.25) is 0 Å². The van der Waals surface area contributed by atoms with Crippen LogP contribution in [0.25, 0.3) is 0 Å². The van der Waals surface area contributed by atoms with E-state index in [2.05, 4.69) is 39.0 Å². The lowest BCUT2D eigenvalue weighted by molar-refractivity contribution is 0.117. The molecule has 0 aliphatic carbocycles. The lowest BCUT2D eigenvalue weighted by Gasteiger charge is -2.28. The molecule has 25 heavy (non-hydrogen) atoms. The molecule has 8 heteroatoms. The molecule has 2 atom stereocenters. The van der Waals surface area contributed by atoms with Crippen LogP contribution in [0.2, 0.25) is 0 Å². The van der Waals surface area contributed by atoms with Crippen LogP contribution in [0.5, 0.6) is 0 Å². The Bertz CT molecular complexity index is 663. The molecule has 3 rings (SSSR count). The van der Waals surface area contributed by atoms with Crippen molar-refractivity contribution in [2.45, 2.75) is 25.1 Å². The number of nitrogens with zero attached hydrogens (tertiary/aromatic N) is 6. The van der Waals surface area contributed by atoms with Crippen LogP contribution in [0, 0.1) is 0 Å². The minimum Gasteiger partial charge on any atom is -0.380 e. The number of anilines is 2. The van der Waals surface area contributed by atoms with Crippen molar-refractivity contribution in [1.82, 2.24) is 20.0 Å². The Balaban J connectivity index is 1.77. The average Bonchev–Trinajstić information content (AvgIpc) is 3.24. The maximum atomic E-state index is 5.59. The molecular formula is C17H26N6O2. The van der Waals surface area contributed by atoms with Gasteiger partial charge in [-0.05, 0) is 20.5 Å². The van der Waals surface area contributed by atoms with Gasteiger partial charge in [0.15, 0.2) is 0 Å². The van der Waals surface area contributed by atoms with E-state index in [1.54, 1.807) is 19.7 Å². The predicted molar refractivity (Wildman–Crippen MR) is 95.7 cm³/mol. The SMILES string of the molecule is CO[C@H]1C[C@@H](CN(C)C)N(c2cc(N(C)Cc3ccon3)ncn2)C1. The number of likely N-dealkylation sites (N-methyl/N-ethyl adjacent to an activating group) is 1. The van der Waals surface area contributed by atoms with Gasteiger partial charge in [-0.1, -0.05) is 5.16 Å². The fraction of sp³-hybridized carbons (Fsp3) is 0.588. The molecule has 8 nitrogen and oxygen atoms in total. The minimum atomic E-state index is 0.233. The van der Waals surface area contributed by atoms with Gasteiger partial charge < -0.3 is 24.0 Å². The maximum Gasteiger partial charge on any atom is 0.134 e. The van der Waals surface area contributed by atoms with Crippen molar-refractivity contribution in [3.8, 4) is 0 Å². The molecular weight excluding hydrogens is 320 g/mol. The van der Waals surface area contributed by atoms with Crippen molar-refractivity contribution < 1.29 is 9.26 Å². The molecule has 0 saturated carbocycles. The Labute approximate surface area is 148 Å². The summed E-state index contributed by atoms with van der Waals surface area (Å²) < 4.78 is 10.5. The Morgan fingerprint density at radius 3 is 2.84 bits per heavy atom. The Morgan fingerprint density at radius 2 is 2.16 bits per heavy atom. The average molecular weight is 346 g/mol. The van der Waals surface area contributed by atoms with E-state index in [1.165, 1.54) is 0 Å². The van der Waals surface area contributed by atoms with E-state index in [4.69, 9.17) is 9.26 Å². The van der Waals surface area contributed by atoms with E-state index in [9.17, 15) is 0 Å². The summed E-state index contributed by atoms with van der Waals surface area (Å²) >= 11 is 0. The third-order valence-corrected chi connectivity index (χ3v) is 4.50. The molecule has 0 radical (unpaired) electrons. The first-order valence-electron chi connectivity index (χ1n) is 8.43. The van der Waals surface area contributed by atoms with E-state index >= 15 is 0 Å². The van der Waals surface area contributed by atoms with Crippen molar-refractivity contribution >= 4 is 11.6 Å². The molecule has 1 aliphatic rings. The van der Waals surface area contributed by atoms with E-state index in [0.717, 1.165) is 36.8 Å². The van der Waals surface area contributed by atoms with Crippen LogP contribution in [-0.2, 0) is 11.3 Å². The highest BCUT2D eigenvalue weighted by molar-refractivity contribution is 5.51. The van der Waals surface area contributed by atoms with Gasteiger partial charge in [-0.2, -0.15) is 0 Å². The molecule has 1 fully saturated rings. The van der Waals surface area contributed by atoms with Crippen molar-refractivity contribution in [2.75, 3.05) is 51.1 Å². The monoisotopic (exact) mass is 346 g/mol. The molecule has 0 N–H and O–H groups in total. The van der Waals surface area contributed by atoms with Crippen molar-refractivity contribution in [3.63, 3.8) is 0 Å². The summed E-state index contributed by atoms with van der Waals surface area (Å²) in [6, 6.07) is 4.26. The van der Waals surface area contributed by atoms with Crippen LogP contribution in [-0.4, -0.2) is 73.5 Å². The second-order valence-electron chi connectivity index (χ2n) is 6.74. The van der Waals surface area contributed by atoms with E-state index in [0.29, 0.717) is 12.6 Å². The molecule has 3 heterocycles. The molecule has 0 bridgehead atoms. The number of hydrogen-bond donors (Lipinski definition) is 0. The summed E-state index contributed by atoms with van der Waals surface area (Å²) in [6.07, 6.45) is 4.44. The highest BCUT2D eigenvalue weighted by Gasteiger charge is 2.33. The Hall–Kier alpha value is -2.19. The van der Waals surface area contributed by atoms with Gasteiger partial charge in [-0.3, -0.25) is 0 Å². The number of methoxy groups -OCH3 is 1. The van der Waals surface area contributed by atoms with Gasteiger partial charge >= 0.3 is 0 Å². The zero-order valence-corrected chi connectivity index (χ0v) is 15.3. The minimum absolute atomic E-state index is 0.233. The lowest BCUT2D eigenvalue weighted by atomic mass is 10.2. The zero-order valence-electron chi connectivity index (χ0n) is 15.3.